The number of rotatable bonds is 6. The fourth-order valence-electron chi connectivity index (χ4n) is 2.37. The van der Waals surface area contributed by atoms with Gasteiger partial charge in [-0.2, -0.15) is 0 Å². The van der Waals surface area contributed by atoms with E-state index in [1.807, 2.05) is 25.1 Å². The third-order valence-corrected chi connectivity index (χ3v) is 3.83. The number of methoxy groups -OCH3 is 1. The fourth-order valence-corrected chi connectivity index (χ4v) is 2.66. The van der Waals surface area contributed by atoms with Gasteiger partial charge in [-0.25, -0.2) is 0 Å². The highest BCUT2D eigenvalue weighted by Gasteiger charge is 2.12. The molecule has 1 heterocycles. The molecular formula is C16H21ClN4O3S. The molecule has 0 unspecified atom stereocenters. The Morgan fingerprint density at radius 2 is 2.12 bits per heavy atom. The molecule has 0 aliphatic heterocycles. The number of nitrogens with zero attached hydrogens (tertiary/aromatic N) is 1. The second kappa shape index (κ2) is 9.36. The van der Waals surface area contributed by atoms with Crippen molar-refractivity contribution in [2.24, 2.45) is 5.73 Å². The SMILES string of the molecule is COc1ccc(C)cc1-c1cc(=O)[nH]c(=S)n1CCNC(=O)CN.Cl. The van der Waals surface area contributed by atoms with Gasteiger partial charge >= 0.3 is 0 Å². The van der Waals surface area contributed by atoms with E-state index in [2.05, 4.69) is 10.3 Å². The van der Waals surface area contributed by atoms with Crippen molar-refractivity contribution >= 4 is 30.5 Å². The fraction of sp³-hybridized carbons (Fsp3) is 0.312. The van der Waals surface area contributed by atoms with Crippen molar-refractivity contribution in [1.29, 1.82) is 0 Å². The molecule has 1 aromatic carbocycles. The summed E-state index contributed by atoms with van der Waals surface area (Å²) in [4.78, 5) is 25.8. The van der Waals surface area contributed by atoms with Gasteiger partial charge in [-0.3, -0.25) is 14.6 Å². The van der Waals surface area contributed by atoms with Crippen LogP contribution in [0.3, 0.4) is 0 Å². The van der Waals surface area contributed by atoms with E-state index in [0.29, 0.717) is 24.5 Å². The van der Waals surface area contributed by atoms with Crippen LogP contribution in [0.1, 0.15) is 5.56 Å². The maximum absolute atomic E-state index is 11.9. The van der Waals surface area contributed by atoms with E-state index in [-0.39, 0.29) is 35.2 Å². The molecule has 4 N–H and O–H groups in total. The van der Waals surface area contributed by atoms with E-state index >= 15 is 0 Å². The first-order chi connectivity index (χ1) is 11.5. The van der Waals surface area contributed by atoms with Crippen LogP contribution in [-0.4, -0.2) is 35.7 Å². The predicted molar refractivity (Wildman–Crippen MR) is 102 cm³/mol. The standard InChI is InChI=1S/C16H20N4O3S.ClH/c1-10-3-4-13(23-2)11(7-10)12-8-14(21)19-16(24)20(12)6-5-18-15(22)9-17;/h3-4,7-8H,5-6,9,17H2,1-2H3,(H,18,22)(H,19,21,24);1H. The molecule has 9 heteroatoms. The Balaban J connectivity index is 0.00000312. The summed E-state index contributed by atoms with van der Waals surface area (Å²) in [6, 6.07) is 7.17. The van der Waals surface area contributed by atoms with Gasteiger partial charge in [0.05, 0.1) is 19.3 Å². The molecule has 2 rings (SSSR count). The highest BCUT2D eigenvalue weighted by Crippen LogP contribution is 2.30. The van der Waals surface area contributed by atoms with Gasteiger partial charge in [-0.15, -0.1) is 12.4 Å². The largest absolute Gasteiger partial charge is 0.496 e. The number of aromatic amines is 1. The minimum atomic E-state index is -0.291. The van der Waals surface area contributed by atoms with Crippen molar-refractivity contribution in [2.45, 2.75) is 13.5 Å². The predicted octanol–water partition coefficient (Wildman–Crippen LogP) is 1.39. The van der Waals surface area contributed by atoms with Crippen LogP contribution in [0.25, 0.3) is 11.3 Å². The summed E-state index contributed by atoms with van der Waals surface area (Å²) in [5, 5.41) is 2.69. The number of hydrogen-bond acceptors (Lipinski definition) is 5. The molecule has 0 bridgehead atoms. The second-order valence-corrected chi connectivity index (χ2v) is 5.62. The molecule has 0 saturated heterocycles. The van der Waals surface area contributed by atoms with E-state index in [0.717, 1.165) is 11.1 Å². The molecule has 0 fully saturated rings. The zero-order valence-electron chi connectivity index (χ0n) is 14.0. The summed E-state index contributed by atoms with van der Waals surface area (Å²) >= 11 is 5.28. The first kappa shape index (κ1) is 20.9. The van der Waals surface area contributed by atoms with E-state index in [4.69, 9.17) is 22.7 Å². The molecule has 0 radical (unpaired) electrons. The quantitative estimate of drug-likeness (QED) is 0.653. The molecule has 0 spiro atoms. The molecule has 0 atom stereocenters. The molecule has 0 saturated carbocycles. The van der Waals surface area contributed by atoms with Crippen molar-refractivity contribution < 1.29 is 9.53 Å². The Labute approximate surface area is 156 Å². The number of halogens is 1. The summed E-state index contributed by atoms with van der Waals surface area (Å²) in [5.74, 6) is 0.390. The smallest absolute Gasteiger partial charge is 0.252 e. The molecule has 25 heavy (non-hydrogen) atoms. The van der Waals surface area contributed by atoms with Crippen LogP contribution in [0.15, 0.2) is 29.1 Å². The molecule has 0 aliphatic rings. The highest BCUT2D eigenvalue weighted by molar-refractivity contribution is 7.71. The number of ether oxygens (including phenoxy) is 1. The minimum Gasteiger partial charge on any atom is -0.496 e. The lowest BCUT2D eigenvalue weighted by Crippen LogP contribution is -2.33. The van der Waals surface area contributed by atoms with Gasteiger partial charge in [0, 0.05) is 24.7 Å². The van der Waals surface area contributed by atoms with Gasteiger partial charge in [0.25, 0.3) is 5.56 Å². The van der Waals surface area contributed by atoms with Crippen molar-refractivity contribution in [3.63, 3.8) is 0 Å². The summed E-state index contributed by atoms with van der Waals surface area (Å²) in [6.07, 6.45) is 0. The number of aromatic nitrogens is 2. The summed E-state index contributed by atoms with van der Waals surface area (Å²) in [7, 11) is 1.57. The summed E-state index contributed by atoms with van der Waals surface area (Å²) in [5.41, 5.74) is 7.40. The molecular weight excluding hydrogens is 364 g/mol. The van der Waals surface area contributed by atoms with Crippen molar-refractivity contribution in [1.82, 2.24) is 14.9 Å². The maximum Gasteiger partial charge on any atom is 0.252 e. The topological polar surface area (TPSA) is 102 Å². The van der Waals surface area contributed by atoms with E-state index in [1.54, 1.807) is 11.7 Å². The number of nitrogens with one attached hydrogen (secondary N) is 2. The van der Waals surface area contributed by atoms with E-state index in [1.165, 1.54) is 6.07 Å². The number of hydrogen-bond donors (Lipinski definition) is 3. The van der Waals surface area contributed by atoms with Gasteiger partial charge in [-0.1, -0.05) is 11.6 Å². The third-order valence-electron chi connectivity index (χ3n) is 3.51. The molecule has 2 aromatic rings. The average Bonchev–Trinajstić information content (AvgIpc) is 2.56. The highest BCUT2D eigenvalue weighted by atomic mass is 35.5. The Bertz CT molecular complexity index is 863. The van der Waals surface area contributed by atoms with Crippen LogP contribution in [0.4, 0.5) is 0 Å². The van der Waals surface area contributed by atoms with Gasteiger partial charge in [0.2, 0.25) is 5.91 Å². The van der Waals surface area contributed by atoms with Crippen molar-refractivity contribution in [3.05, 3.63) is 45.0 Å². The van der Waals surface area contributed by atoms with Gasteiger partial charge < -0.3 is 20.4 Å². The van der Waals surface area contributed by atoms with Crippen LogP contribution in [0.5, 0.6) is 5.75 Å². The average molecular weight is 385 g/mol. The Hall–Kier alpha value is -2.16. The number of carbonyl (C=O) groups is 1. The van der Waals surface area contributed by atoms with Gasteiger partial charge in [0.1, 0.15) is 5.75 Å². The van der Waals surface area contributed by atoms with E-state index < -0.39 is 0 Å². The minimum absolute atomic E-state index is 0. The Morgan fingerprint density at radius 3 is 2.76 bits per heavy atom. The van der Waals surface area contributed by atoms with Gasteiger partial charge in [-0.05, 0) is 31.3 Å². The number of aryl methyl sites for hydroxylation is 1. The monoisotopic (exact) mass is 384 g/mol. The third kappa shape index (κ3) is 5.15. The number of nitrogens with two attached hydrogens (primary N) is 1. The molecule has 1 aromatic heterocycles. The van der Waals surface area contributed by atoms with Crippen molar-refractivity contribution in [2.75, 3.05) is 20.2 Å². The van der Waals surface area contributed by atoms with Crippen LogP contribution >= 0.6 is 24.6 Å². The summed E-state index contributed by atoms with van der Waals surface area (Å²) in [6.45, 7) is 2.62. The molecule has 7 nitrogen and oxygen atoms in total. The first-order valence-electron chi connectivity index (χ1n) is 7.42. The van der Waals surface area contributed by atoms with Gasteiger partial charge in [0.15, 0.2) is 4.77 Å². The van der Waals surface area contributed by atoms with Crippen molar-refractivity contribution in [3.8, 4) is 17.0 Å². The number of benzene rings is 1. The van der Waals surface area contributed by atoms with Crippen LogP contribution < -0.4 is 21.3 Å². The normalized spacial score (nSPS) is 10.0. The lowest BCUT2D eigenvalue weighted by Gasteiger charge is -2.16. The molecule has 136 valence electrons. The summed E-state index contributed by atoms with van der Waals surface area (Å²) < 4.78 is 7.44. The Kier molecular flexibility index (Phi) is 7.82. The van der Waals surface area contributed by atoms with Crippen LogP contribution in [0, 0.1) is 11.7 Å². The molecule has 1 amide bonds. The first-order valence-corrected chi connectivity index (χ1v) is 7.83. The molecule has 0 aliphatic carbocycles. The second-order valence-electron chi connectivity index (χ2n) is 5.23. The van der Waals surface area contributed by atoms with Crippen LogP contribution in [0.2, 0.25) is 0 Å². The van der Waals surface area contributed by atoms with E-state index in [9.17, 15) is 9.59 Å². The lowest BCUT2D eigenvalue weighted by molar-refractivity contribution is -0.119. The maximum atomic E-state index is 11.9. The van der Waals surface area contributed by atoms with Crippen LogP contribution in [-0.2, 0) is 11.3 Å². The zero-order valence-corrected chi connectivity index (χ0v) is 15.6. The number of amides is 1. The number of carbonyl (C=O) groups excluding carboxylic acids is 1. The Morgan fingerprint density at radius 1 is 1.40 bits per heavy atom. The lowest BCUT2D eigenvalue weighted by atomic mass is 10.1. The number of H-pyrrole nitrogens is 1. The zero-order chi connectivity index (χ0) is 17.7.